The Hall–Kier alpha value is -1.73. The van der Waals surface area contributed by atoms with Gasteiger partial charge in [0.2, 0.25) is 0 Å². The van der Waals surface area contributed by atoms with E-state index in [-0.39, 0.29) is 6.04 Å². The van der Waals surface area contributed by atoms with Crippen molar-refractivity contribution in [1.82, 2.24) is 5.32 Å². The van der Waals surface area contributed by atoms with Crippen LogP contribution >= 0.6 is 0 Å². The lowest BCUT2D eigenvalue weighted by atomic mass is 10.1. The lowest BCUT2D eigenvalue weighted by Crippen LogP contribution is -2.22. The highest BCUT2D eigenvalue weighted by molar-refractivity contribution is 5.44. The van der Waals surface area contributed by atoms with E-state index in [0.717, 1.165) is 18.4 Å². The van der Waals surface area contributed by atoms with Crippen molar-refractivity contribution in [2.24, 2.45) is 0 Å². The van der Waals surface area contributed by atoms with Crippen LogP contribution in [0.15, 0.2) is 18.2 Å². The van der Waals surface area contributed by atoms with E-state index >= 15 is 0 Å². The highest BCUT2D eigenvalue weighted by Crippen LogP contribution is 2.31. The molecule has 4 heteroatoms. The number of rotatable bonds is 6. The second-order valence-electron chi connectivity index (χ2n) is 4.35. The molecule has 1 aromatic rings. The number of methoxy groups -OCH3 is 1. The smallest absolute Gasteiger partial charge is 0.161 e. The van der Waals surface area contributed by atoms with Crippen LogP contribution in [0.5, 0.6) is 11.5 Å². The van der Waals surface area contributed by atoms with Crippen LogP contribution in [-0.4, -0.2) is 19.8 Å². The minimum absolute atomic E-state index is 0.275. The molecule has 1 aromatic carbocycles. The third-order valence-corrected chi connectivity index (χ3v) is 2.93. The number of benzene rings is 1. The van der Waals surface area contributed by atoms with E-state index in [0.29, 0.717) is 24.1 Å². The van der Waals surface area contributed by atoms with E-state index in [1.54, 1.807) is 7.11 Å². The molecule has 1 N–H and O–H groups in total. The average Bonchev–Trinajstić information content (AvgIpc) is 3.20. The second-order valence-corrected chi connectivity index (χ2v) is 4.35. The maximum atomic E-state index is 9.22. The topological polar surface area (TPSA) is 54.3 Å². The third kappa shape index (κ3) is 2.93. The maximum Gasteiger partial charge on any atom is 0.161 e. The van der Waals surface area contributed by atoms with Crippen molar-refractivity contribution in [1.29, 1.82) is 5.26 Å². The van der Waals surface area contributed by atoms with Crippen LogP contribution in [0.3, 0.4) is 0 Å². The first-order valence-electron chi connectivity index (χ1n) is 6.25. The van der Waals surface area contributed by atoms with E-state index in [2.05, 4.69) is 11.4 Å². The van der Waals surface area contributed by atoms with Crippen LogP contribution in [0.4, 0.5) is 0 Å². The van der Waals surface area contributed by atoms with Crippen molar-refractivity contribution in [2.75, 3.05) is 13.7 Å². The van der Waals surface area contributed by atoms with E-state index in [4.69, 9.17) is 9.47 Å². The molecule has 1 atom stereocenters. The summed E-state index contributed by atoms with van der Waals surface area (Å²) in [5.41, 5.74) is 0.925. The van der Waals surface area contributed by atoms with Crippen LogP contribution < -0.4 is 14.8 Å². The van der Waals surface area contributed by atoms with E-state index in [1.165, 1.54) is 0 Å². The van der Waals surface area contributed by atoms with Gasteiger partial charge in [-0.15, -0.1) is 0 Å². The van der Waals surface area contributed by atoms with Gasteiger partial charge in [0.15, 0.2) is 11.5 Å². The molecular formula is C14H18N2O2. The molecule has 2 rings (SSSR count). The zero-order chi connectivity index (χ0) is 13.0. The molecule has 4 nitrogen and oxygen atoms in total. The Labute approximate surface area is 108 Å². The molecule has 0 bridgehead atoms. The van der Waals surface area contributed by atoms with Gasteiger partial charge in [0.1, 0.15) is 6.04 Å². The van der Waals surface area contributed by atoms with Gasteiger partial charge in [0.05, 0.1) is 19.8 Å². The third-order valence-electron chi connectivity index (χ3n) is 2.93. The van der Waals surface area contributed by atoms with Gasteiger partial charge in [0.25, 0.3) is 0 Å². The largest absolute Gasteiger partial charge is 0.493 e. The molecule has 1 aliphatic rings. The first kappa shape index (κ1) is 12.7. The number of nitrogens with one attached hydrogen (secondary N) is 1. The Balaban J connectivity index is 2.20. The molecule has 0 spiro atoms. The van der Waals surface area contributed by atoms with Gasteiger partial charge in [0, 0.05) is 6.04 Å². The van der Waals surface area contributed by atoms with Crippen LogP contribution in [0, 0.1) is 11.3 Å². The average molecular weight is 246 g/mol. The molecule has 0 saturated heterocycles. The normalized spacial score (nSPS) is 15.8. The zero-order valence-electron chi connectivity index (χ0n) is 10.8. The summed E-state index contributed by atoms with van der Waals surface area (Å²) >= 11 is 0. The molecule has 0 heterocycles. The summed E-state index contributed by atoms with van der Waals surface area (Å²) in [6, 6.07) is 8.14. The van der Waals surface area contributed by atoms with E-state index in [1.807, 2.05) is 25.1 Å². The summed E-state index contributed by atoms with van der Waals surface area (Å²) in [6.07, 6.45) is 2.32. The second kappa shape index (κ2) is 5.74. The fourth-order valence-corrected chi connectivity index (χ4v) is 1.83. The molecule has 0 aromatic heterocycles. The minimum Gasteiger partial charge on any atom is -0.493 e. The molecule has 1 aliphatic carbocycles. The molecule has 0 aliphatic heterocycles. The fraction of sp³-hybridized carbons (Fsp3) is 0.500. The number of hydrogen-bond donors (Lipinski definition) is 1. The zero-order valence-corrected chi connectivity index (χ0v) is 10.8. The SMILES string of the molecule is CCOc1cc(C(C#N)NC2CC2)ccc1OC. The van der Waals surface area contributed by atoms with Crippen molar-refractivity contribution in [2.45, 2.75) is 31.8 Å². The standard InChI is InChI=1S/C14H18N2O2/c1-3-18-14-8-10(4-7-13(14)17-2)12(9-15)16-11-5-6-11/h4,7-8,11-12,16H,3,5-6H2,1-2H3. The van der Waals surface area contributed by atoms with Crippen LogP contribution in [-0.2, 0) is 0 Å². The van der Waals surface area contributed by atoms with Gasteiger partial charge in [-0.25, -0.2) is 0 Å². The Kier molecular flexibility index (Phi) is 4.06. The monoisotopic (exact) mass is 246 g/mol. The Morgan fingerprint density at radius 3 is 2.78 bits per heavy atom. The lowest BCUT2D eigenvalue weighted by molar-refractivity contribution is 0.310. The summed E-state index contributed by atoms with van der Waals surface area (Å²) in [7, 11) is 1.61. The fourth-order valence-electron chi connectivity index (χ4n) is 1.83. The predicted octanol–water partition coefficient (Wildman–Crippen LogP) is 2.41. The van der Waals surface area contributed by atoms with Crippen molar-refractivity contribution in [3.05, 3.63) is 23.8 Å². The summed E-state index contributed by atoms with van der Waals surface area (Å²) in [6.45, 7) is 2.50. The van der Waals surface area contributed by atoms with Crippen molar-refractivity contribution >= 4 is 0 Å². The van der Waals surface area contributed by atoms with E-state index in [9.17, 15) is 5.26 Å². The highest BCUT2D eigenvalue weighted by atomic mass is 16.5. The van der Waals surface area contributed by atoms with Crippen molar-refractivity contribution in [3.8, 4) is 17.6 Å². The Bertz CT molecular complexity index is 450. The first-order valence-corrected chi connectivity index (χ1v) is 6.25. The first-order chi connectivity index (χ1) is 8.78. The van der Waals surface area contributed by atoms with Crippen molar-refractivity contribution < 1.29 is 9.47 Å². The molecule has 18 heavy (non-hydrogen) atoms. The summed E-state index contributed by atoms with van der Waals surface area (Å²) < 4.78 is 10.8. The molecule has 0 radical (unpaired) electrons. The molecule has 0 amide bonds. The molecule has 1 saturated carbocycles. The van der Waals surface area contributed by atoms with Gasteiger partial charge in [-0.3, -0.25) is 5.32 Å². The molecule has 1 unspecified atom stereocenters. The van der Waals surface area contributed by atoms with Crippen molar-refractivity contribution in [3.63, 3.8) is 0 Å². The molecule has 1 fully saturated rings. The lowest BCUT2D eigenvalue weighted by Gasteiger charge is -2.15. The van der Waals surface area contributed by atoms with Gasteiger partial charge >= 0.3 is 0 Å². The quantitative estimate of drug-likeness (QED) is 0.837. The van der Waals surface area contributed by atoms with Gasteiger partial charge in [-0.2, -0.15) is 5.26 Å². The van der Waals surface area contributed by atoms with Crippen LogP contribution in [0.25, 0.3) is 0 Å². The predicted molar refractivity (Wildman–Crippen MR) is 68.7 cm³/mol. The van der Waals surface area contributed by atoms with Gasteiger partial charge < -0.3 is 9.47 Å². The Morgan fingerprint density at radius 2 is 2.22 bits per heavy atom. The molecular weight excluding hydrogens is 228 g/mol. The maximum absolute atomic E-state index is 9.22. The minimum atomic E-state index is -0.275. The Morgan fingerprint density at radius 1 is 1.44 bits per heavy atom. The summed E-state index contributed by atoms with van der Waals surface area (Å²) in [5.74, 6) is 1.39. The van der Waals surface area contributed by atoms with Gasteiger partial charge in [-0.05, 0) is 37.5 Å². The summed E-state index contributed by atoms with van der Waals surface area (Å²) in [4.78, 5) is 0. The van der Waals surface area contributed by atoms with Crippen LogP contribution in [0.2, 0.25) is 0 Å². The number of ether oxygens (including phenoxy) is 2. The van der Waals surface area contributed by atoms with E-state index < -0.39 is 0 Å². The highest BCUT2D eigenvalue weighted by Gasteiger charge is 2.25. The van der Waals surface area contributed by atoms with Crippen LogP contribution in [0.1, 0.15) is 31.4 Å². The number of nitriles is 1. The molecule has 96 valence electrons. The number of hydrogen-bond acceptors (Lipinski definition) is 4. The van der Waals surface area contributed by atoms with Gasteiger partial charge in [-0.1, -0.05) is 6.07 Å². The number of nitrogens with zero attached hydrogens (tertiary/aromatic N) is 1. The summed E-state index contributed by atoms with van der Waals surface area (Å²) in [5, 5.41) is 12.5.